The molecule has 3 atom stereocenters. The maximum absolute atomic E-state index is 17.2. The van der Waals surface area contributed by atoms with E-state index in [9.17, 15) is 19.5 Å². The number of halogens is 1. The minimum atomic E-state index is -0.600. The van der Waals surface area contributed by atoms with Crippen LogP contribution in [-0.2, 0) is 16.1 Å². The molecule has 14 nitrogen and oxygen atoms in total. The summed E-state index contributed by atoms with van der Waals surface area (Å²) in [6, 6.07) is 18.9. The second kappa shape index (κ2) is 17.7. The van der Waals surface area contributed by atoms with E-state index in [1.807, 2.05) is 36.4 Å². The Balaban J connectivity index is 0.623. The number of likely N-dealkylation sites (tertiary alicyclic amines) is 1. The van der Waals surface area contributed by atoms with Crippen molar-refractivity contribution in [2.75, 3.05) is 81.9 Å². The van der Waals surface area contributed by atoms with Gasteiger partial charge in [0.05, 0.1) is 6.61 Å². The lowest BCUT2D eigenvalue weighted by Gasteiger charge is -2.54. The summed E-state index contributed by atoms with van der Waals surface area (Å²) in [4.78, 5) is 59.0. The fourth-order valence-electron chi connectivity index (χ4n) is 13.8. The van der Waals surface area contributed by atoms with Crippen LogP contribution in [0.1, 0.15) is 85.7 Å². The lowest BCUT2D eigenvalue weighted by molar-refractivity contribution is -0.136. The van der Waals surface area contributed by atoms with E-state index >= 15 is 4.39 Å². The average molecular weight is 972 g/mol. The maximum atomic E-state index is 17.2. The zero-order valence-corrected chi connectivity index (χ0v) is 40.8. The van der Waals surface area contributed by atoms with Crippen molar-refractivity contribution >= 4 is 50.9 Å². The highest BCUT2D eigenvalue weighted by molar-refractivity contribution is 6.06. The molecule has 8 aliphatic rings. The number of rotatable bonds is 11. The molecule has 13 rings (SSSR count). The Morgan fingerprint density at radius 2 is 1.61 bits per heavy atom. The molecule has 0 radical (unpaired) electrons. The number of piperidine rings is 2. The van der Waals surface area contributed by atoms with Gasteiger partial charge in [0.2, 0.25) is 11.8 Å². The Kier molecular flexibility index (Phi) is 11.2. The van der Waals surface area contributed by atoms with Gasteiger partial charge in [-0.3, -0.25) is 24.6 Å². The number of terminal acetylenes is 1. The molecule has 2 aliphatic carbocycles. The highest BCUT2D eigenvalue weighted by Gasteiger charge is 2.50. The largest absolute Gasteiger partial charge is 0.508 e. The molecule has 72 heavy (non-hydrogen) atoms. The Morgan fingerprint density at radius 3 is 2.36 bits per heavy atom. The Labute approximate surface area is 419 Å². The van der Waals surface area contributed by atoms with Gasteiger partial charge in [-0.05, 0) is 141 Å². The summed E-state index contributed by atoms with van der Waals surface area (Å²) in [5.41, 5.74) is 4.88. The first-order chi connectivity index (χ1) is 35.0. The van der Waals surface area contributed by atoms with E-state index < -0.39 is 11.9 Å². The third-order valence-electron chi connectivity index (χ3n) is 17.8. The van der Waals surface area contributed by atoms with Crippen molar-refractivity contribution < 1.29 is 28.6 Å². The molecule has 5 aromatic rings. The summed E-state index contributed by atoms with van der Waals surface area (Å²) < 4.78 is 23.8. The highest BCUT2D eigenvalue weighted by Crippen LogP contribution is 2.54. The van der Waals surface area contributed by atoms with Crippen LogP contribution in [0, 0.1) is 34.9 Å². The molecule has 6 aliphatic heterocycles. The molecule has 15 heteroatoms. The minimum absolute atomic E-state index is 0.0291. The number of ether oxygens (including phenoxy) is 1. The Bertz CT molecular complexity index is 3060. The molecule has 5 saturated heterocycles. The van der Waals surface area contributed by atoms with Crippen molar-refractivity contribution in [3.8, 4) is 35.2 Å². The molecule has 1 aromatic heterocycles. The van der Waals surface area contributed by atoms with Crippen LogP contribution in [-0.4, -0.2) is 138 Å². The van der Waals surface area contributed by atoms with Gasteiger partial charge in [-0.2, -0.15) is 9.97 Å². The van der Waals surface area contributed by atoms with Crippen LogP contribution in [0.15, 0.2) is 60.7 Å². The zero-order valence-electron chi connectivity index (χ0n) is 40.8. The number of nitrogens with zero attached hydrogens (tertiary/aromatic N) is 7. The number of phenols is 1. The zero-order chi connectivity index (χ0) is 48.9. The quantitative estimate of drug-likeness (QED) is 0.0988. The van der Waals surface area contributed by atoms with Crippen LogP contribution in [0.4, 0.5) is 15.9 Å². The molecule has 7 heterocycles. The standard InChI is InChI=1S/C57H62FN9O5/c1-2-36-4-3-5-37-25-42(68)26-46(49(36)37)44-10-11-45-51(50(44)58)61-55(62-52(45)66-31-39-6-7-40(32-66)59-39)72-34-57(14-15-57)33-64-18-16-56(17-19-64)27-35(28-56)29-63-20-22-65(23-21-63)41-8-9-43-38(24-41)30-67(54(43)71)47-12-13-48(69)60-53(47)70/h1,3-5,8-11,24-26,35,39-40,47,59,68H,6-7,12-23,27-34H2,(H,60,69,70)/t39?,40?,47-/m0/s1. The van der Waals surface area contributed by atoms with Crippen LogP contribution >= 0.6 is 0 Å². The number of anilines is 2. The van der Waals surface area contributed by atoms with Gasteiger partial charge in [0, 0.05) is 116 Å². The number of hydrogen-bond donors (Lipinski definition) is 3. The first-order valence-corrected chi connectivity index (χ1v) is 26.3. The number of piperazine rings is 2. The molecule has 1 spiro atoms. The summed E-state index contributed by atoms with van der Waals surface area (Å²) in [5, 5.41) is 19.0. The molecule has 3 amide bonds. The van der Waals surface area contributed by atoms with E-state index in [4.69, 9.17) is 21.1 Å². The number of amides is 3. The van der Waals surface area contributed by atoms with Gasteiger partial charge in [0.25, 0.3) is 5.91 Å². The monoisotopic (exact) mass is 971 g/mol. The first kappa shape index (κ1) is 45.5. The fraction of sp³-hybridized carbons (Fsp3) is 0.491. The topological polar surface area (TPSA) is 147 Å². The molecule has 7 fully saturated rings. The van der Waals surface area contributed by atoms with Gasteiger partial charge in [0.15, 0.2) is 5.82 Å². The molecule has 2 bridgehead atoms. The summed E-state index contributed by atoms with van der Waals surface area (Å²) in [5.74, 6) is 2.95. The van der Waals surface area contributed by atoms with Gasteiger partial charge < -0.3 is 34.8 Å². The minimum Gasteiger partial charge on any atom is -0.508 e. The van der Waals surface area contributed by atoms with E-state index in [1.54, 1.807) is 23.1 Å². The third kappa shape index (κ3) is 8.29. The molecular formula is C57H62FN9O5. The first-order valence-electron chi connectivity index (χ1n) is 26.3. The number of carbonyl (C=O) groups is 3. The van der Waals surface area contributed by atoms with Gasteiger partial charge in [-0.1, -0.05) is 24.1 Å². The SMILES string of the molecule is C#Cc1cccc2cc(O)cc(-c3ccc4c(N5CC6CCC(C5)N6)nc(OCC5(CN6CCC7(CC6)CC(CN6CCN(c8ccc9c(c8)CN([C@H]8CCC(=O)NC8=O)C9=O)CC6)C7)CC5)nc4c3F)c12. The number of carbonyl (C=O) groups excluding carboxylic acids is 3. The van der Waals surface area contributed by atoms with E-state index in [1.165, 1.54) is 25.7 Å². The Morgan fingerprint density at radius 1 is 0.833 bits per heavy atom. The summed E-state index contributed by atoms with van der Waals surface area (Å²) in [6.07, 6.45) is 16.0. The van der Waals surface area contributed by atoms with Crippen LogP contribution < -0.4 is 25.2 Å². The number of imide groups is 1. The van der Waals surface area contributed by atoms with Gasteiger partial charge in [0.1, 0.15) is 23.1 Å². The predicted octanol–water partition coefficient (Wildman–Crippen LogP) is 6.45. The number of nitrogens with one attached hydrogen (secondary N) is 2. The van der Waals surface area contributed by atoms with Crippen LogP contribution in [0.5, 0.6) is 11.8 Å². The normalized spacial score (nSPS) is 25.0. The van der Waals surface area contributed by atoms with Crippen molar-refractivity contribution in [1.82, 2.24) is 35.3 Å². The highest BCUT2D eigenvalue weighted by atomic mass is 19.1. The van der Waals surface area contributed by atoms with Gasteiger partial charge in [-0.15, -0.1) is 6.42 Å². The van der Waals surface area contributed by atoms with Crippen molar-refractivity contribution in [1.29, 1.82) is 0 Å². The number of phenolic OH excluding ortho intramolecular Hbond substituents is 1. The lowest BCUT2D eigenvalue weighted by Crippen LogP contribution is -2.53. The number of aromatic hydroxyl groups is 1. The molecule has 2 unspecified atom stereocenters. The molecule has 3 N–H and O–H groups in total. The van der Waals surface area contributed by atoms with Crippen molar-refractivity contribution in [2.24, 2.45) is 16.7 Å². The van der Waals surface area contributed by atoms with E-state index in [2.05, 4.69) is 42.2 Å². The third-order valence-corrected chi connectivity index (χ3v) is 17.8. The van der Waals surface area contributed by atoms with Crippen molar-refractivity contribution in [3.05, 3.63) is 83.2 Å². The molecule has 2 saturated carbocycles. The van der Waals surface area contributed by atoms with E-state index in [0.29, 0.717) is 75.9 Å². The lowest BCUT2D eigenvalue weighted by atomic mass is 9.57. The van der Waals surface area contributed by atoms with Crippen LogP contribution in [0.25, 0.3) is 32.8 Å². The second-order valence-corrected chi connectivity index (χ2v) is 22.6. The van der Waals surface area contributed by atoms with Crippen LogP contribution in [0.2, 0.25) is 0 Å². The smallest absolute Gasteiger partial charge is 0.319 e. The molecule has 4 aromatic carbocycles. The fourth-order valence-corrected chi connectivity index (χ4v) is 13.8. The molecular weight excluding hydrogens is 910 g/mol. The second-order valence-electron chi connectivity index (χ2n) is 22.6. The van der Waals surface area contributed by atoms with Gasteiger partial charge in [-0.25, -0.2) is 4.39 Å². The van der Waals surface area contributed by atoms with Crippen molar-refractivity contribution in [3.63, 3.8) is 0 Å². The number of hydrogen-bond acceptors (Lipinski definition) is 12. The maximum Gasteiger partial charge on any atom is 0.319 e. The van der Waals surface area contributed by atoms with Crippen molar-refractivity contribution in [2.45, 2.75) is 88.9 Å². The number of fused-ring (bicyclic) bond motifs is 5. The summed E-state index contributed by atoms with van der Waals surface area (Å²) >= 11 is 0. The summed E-state index contributed by atoms with van der Waals surface area (Å²) in [6.45, 7) is 10.7. The predicted molar refractivity (Wildman–Crippen MR) is 273 cm³/mol. The van der Waals surface area contributed by atoms with E-state index in [0.717, 1.165) is 114 Å². The number of aromatic nitrogens is 2. The average Bonchev–Trinajstić information content (AvgIpc) is 3.95. The van der Waals surface area contributed by atoms with Crippen LogP contribution in [0.3, 0.4) is 0 Å². The van der Waals surface area contributed by atoms with E-state index in [-0.39, 0.29) is 46.8 Å². The molecule has 372 valence electrons. The van der Waals surface area contributed by atoms with Gasteiger partial charge >= 0.3 is 6.01 Å². The Hall–Kier alpha value is -6.34. The summed E-state index contributed by atoms with van der Waals surface area (Å²) in [7, 11) is 0. The number of benzene rings is 4.